The smallest absolute Gasteiger partial charge is 0.153 e. The minimum Gasteiger partial charge on any atom is -0.337 e. The van der Waals surface area contributed by atoms with E-state index in [0.717, 1.165) is 15.4 Å². The molecule has 3 rings (SSSR count). The number of thiophene rings is 1. The topological polar surface area (TPSA) is 28.7 Å². The zero-order valence-electron chi connectivity index (χ0n) is 8.30. The molecule has 1 N–H and O–H groups in total. The number of halogens is 3. The van der Waals surface area contributed by atoms with Crippen LogP contribution >= 0.6 is 27.3 Å². The number of nitrogens with one attached hydrogen (secondary N) is 1. The number of fused-ring (bicyclic) bond motifs is 1. The Morgan fingerprint density at radius 2 is 2.12 bits per heavy atom. The number of nitrogens with zero attached hydrogens (tertiary/aromatic N) is 1. The molecule has 0 aliphatic heterocycles. The van der Waals surface area contributed by atoms with Crippen LogP contribution in [0, 0.1) is 11.6 Å². The molecule has 2 aromatic heterocycles. The van der Waals surface area contributed by atoms with Crippen LogP contribution in [0.5, 0.6) is 0 Å². The van der Waals surface area contributed by atoms with Crippen LogP contribution in [0.15, 0.2) is 28.1 Å². The predicted octanol–water partition coefficient (Wildman–Crippen LogP) is 4.33. The molecule has 0 amide bonds. The zero-order valence-corrected chi connectivity index (χ0v) is 10.7. The second-order valence-electron chi connectivity index (χ2n) is 3.47. The minimum absolute atomic E-state index is 0.154. The fourth-order valence-electron chi connectivity index (χ4n) is 1.61. The largest absolute Gasteiger partial charge is 0.337 e. The Hall–Kier alpha value is -1.27. The lowest BCUT2D eigenvalue weighted by Crippen LogP contribution is -1.81. The Balaban J connectivity index is 2.27. The average Bonchev–Trinajstić information content (AvgIpc) is 2.83. The second kappa shape index (κ2) is 3.89. The van der Waals surface area contributed by atoms with Crippen LogP contribution in [0.25, 0.3) is 21.7 Å². The van der Waals surface area contributed by atoms with E-state index in [4.69, 9.17) is 0 Å². The number of rotatable bonds is 1. The van der Waals surface area contributed by atoms with Gasteiger partial charge in [0.1, 0.15) is 17.2 Å². The van der Waals surface area contributed by atoms with Crippen LogP contribution in [0.3, 0.4) is 0 Å². The van der Waals surface area contributed by atoms with Crippen LogP contribution < -0.4 is 0 Å². The Labute approximate surface area is 107 Å². The molecule has 0 fully saturated rings. The number of hydrogen-bond acceptors (Lipinski definition) is 2. The second-order valence-corrected chi connectivity index (χ2v) is 5.24. The van der Waals surface area contributed by atoms with Crippen molar-refractivity contribution in [1.82, 2.24) is 9.97 Å². The van der Waals surface area contributed by atoms with Gasteiger partial charge in [-0.05, 0) is 33.4 Å². The van der Waals surface area contributed by atoms with Crippen LogP contribution in [0.2, 0.25) is 0 Å². The molecule has 0 saturated heterocycles. The third-order valence-corrected chi connectivity index (χ3v) is 4.18. The summed E-state index contributed by atoms with van der Waals surface area (Å²) >= 11 is 4.85. The van der Waals surface area contributed by atoms with E-state index in [1.165, 1.54) is 17.4 Å². The Morgan fingerprint density at radius 3 is 2.82 bits per heavy atom. The molecular formula is C11H5BrF2N2S. The van der Waals surface area contributed by atoms with Crippen LogP contribution in [0.4, 0.5) is 8.78 Å². The van der Waals surface area contributed by atoms with Gasteiger partial charge in [-0.2, -0.15) is 0 Å². The van der Waals surface area contributed by atoms with Crippen LogP contribution in [-0.2, 0) is 0 Å². The van der Waals surface area contributed by atoms with Gasteiger partial charge in [0.15, 0.2) is 5.82 Å². The highest BCUT2D eigenvalue weighted by atomic mass is 79.9. The van der Waals surface area contributed by atoms with Crippen LogP contribution in [0.1, 0.15) is 0 Å². The summed E-state index contributed by atoms with van der Waals surface area (Å²) in [5, 5.41) is 1.89. The number of benzene rings is 1. The van der Waals surface area contributed by atoms with Gasteiger partial charge in [0, 0.05) is 10.5 Å². The molecule has 1 aromatic carbocycles. The third kappa shape index (κ3) is 1.77. The number of H-pyrrole nitrogens is 1. The molecule has 0 atom stereocenters. The SMILES string of the molecule is Fc1cc(F)c2nc(-c3sccc3Br)[nH]c2c1. The highest BCUT2D eigenvalue weighted by molar-refractivity contribution is 9.10. The van der Waals surface area contributed by atoms with Gasteiger partial charge in [-0.1, -0.05) is 0 Å². The molecule has 0 aliphatic rings. The molecular weight excluding hydrogens is 310 g/mol. The Kier molecular flexibility index (Phi) is 2.48. The van der Waals surface area contributed by atoms with E-state index in [2.05, 4.69) is 25.9 Å². The Morgan fingerprint density at radius 1 is 1.29 bits per heavy atom. The lowest BCUT2D eigenvalue weighted by molar-refractivity contribution is 0.591. The van der Waals surface area contributed by atoms with Gasteiger partial charge in [-0.25, -0.2) is 13.8 Å². The average molecular weight is 315 g/mol. The van der Waals surface area contributed by atoms with Crippen molar-refractivity contribution < 1.29 is 8.78 Å². The first kappa shape index (κ1) is 10.9. The summed E-state index contributed by atoms with van der Waals surface area (Å²) in [4.78, 5) is 7.91. The van der Waals surface area contributed by atoms with Gasteiger partial charge in [-0.15, -0.1) is 11.3 Å². The highest BCUT2D eigenvalue weighted by Gasteiger charge is 2.13. The molecule has 0 spiro atoms. The van der Waals surface area contributed by atoms with Crippen molar-refractivity contribution in [1.29, 1.82) is 0 Å². The highest BCUT2D eigenvalue weighted by Crippen LogP contribution is 2.33. The van der Waals surface area contributed by atoms with Gasteiger partial charge >= 0.3 is 0 Å². The quantitative estimate of drug-likeness (QED) is 0.711. The number of imidazole rings is 1. The number of aromatic nitrogens is 2. The summed E-state index contributed by atoms with van der Waals surface area (Å²) in [5.74, 6) is -0.739. The van der Waals surface area contributed by atoms with E-state index in [1.54, 1.807) is 0 Å². The third-order valence-electron chi connectivity index (χ3n) is 2.34. The van der Waals surface area contributed by atoms with Gasteiger partial charge in [0.05, 0.1) is 10.4 Å². The molecule has 0 bridgehead atoms. The first-order valence-electron chi connectivity index (χ1n) is 4.73. The molecule has 0 saturated carbocycles. The maximum absolute atomic E-state index is 13.5. The van der Waals surface area contributed by atoms with Gasteiger partial charge in [-0.3, -0.25) is 0 Å². The van der Waals surface area contributed by atoms with Crippen molar-refractivity contribution in [3.05, 3.63) is 39.7 Å². The minimum atomic E-state index is -0.657. The van der Waals surface area contributed by atoms with E-state index in [-0.39, 0.29) is 5.52 Å². The Bertz CT molecular complexity index is 705. The van der Waals surface area contributed by atoms with E-state index in [1.807, 2.05) is 11.4 Å². The van der Waals surface area contributed by atoms with E-state index in [0.29, 0.717) is 11.3 Å². The molecule has 0 radical (unpaired) electrons. The standard InChI is InChI=1S/C11H5BrF2N2S/c12-6-1-2-17-10(6)11-15-8-4-5(13)3-7(14)9(8)16-11/h1-4H,(H,15,16). The first-order chi connectivity index (χ1) is 8.15. The summed E-state index contributed by atoms with van der Waals surface area (Å²) in [7, 11) is 0. The first-order valence-corrected chi connectivity index (χ1v) is 6.40. The van der Waals surface area contributed by atoms with Crippen molar-refractivity contribution >= 4 is 38.3 Å². The molecule has 86 valence electrons. The maximum Gasteiger partial charge on any atom is 0.153 e. The molecule has 6 heteroatoms. The molecule has 3 aromatic rings. The van der Waals surface area contributed by atoms with Crippen molar-refractivity contribution in [2.45, 2.75) is 0 Å². The summed E-state index contributed by atoms with van der Waals surface area (Å²) in [6.45, 7) is 0. The van der Waals surface area contributed by atoms with Crippen molar-refractivity contribution in [3.8, 4) is 10.7 Å². The van der Waals surface area contributed by atoms with E-state index < -0.39 is 11.6 Å². The maximum atomic E-state index is 13.5. The summed E-state index contributed by atoms with van der Waals surface area (Å²) < 4.78 is 27.4. The molecule has 17 heavy (non-hydrogen) atoms. The van der Waals surface area contributed by atoms with E-state index in [9.17, 15) is 8.78 Å². The lowest BCUT2D eigenvalue weighted by atomic mass is 10.3. The molecule has 0 unspecified atom stereocenters. The van der Waals surface area contributed by atoms with Crippen molar-refractivity contribution in [3.63, 3.8) is 0 Å². The summed E-state index contributed by atoms with van der Waals surface area (Å²) in [6.07, 6.45) is 0. The zero-order chi connectivity index (χ0) is 12.0. The fraction of sp³-hybridized carbons (Fsp3) is 0. The van der Waals surface area contributed by atoms with Gasteiger partial charge in [0.2, 0.25) is 0 Å². The monoisotopic (exact) mass is 314 g/mol. The molecule has 0 aliphatic carbocycles. The van der Waals surface area contributed by atoms with Crippen molar-refractivity contribution in [2.24, 2.45) is 0 Å². The molecule has 2 heterocycles. The normalized spacial score (nSPS) is 11.2. The summed E-state index contributed by atoms with van der Waals surface area (Å²) in [5.41, 5.74) is 0.513. The summed E-state index contributed by atoms with van der Waals surface area (Å²) in [6, 6.07) is 3.94. The molecule has 2 nitrogen and oxygen atoms in total. The van der Waals surface area contributed by atoms with Gasteiger partial charge in [0.25, 0.3) is 0 Å². The predicted molar refractivity (Wildman–Crippen MR) is 67.0 cm³/mol. The fourth-order valence-corrected chi connectivity index (χ4v) is 3.12. The van der Waals surface area contributed by atoms with E-state index >= 15 is 0 Å². The van der Waals surface area contributed by atoms with Crippen molar-refractivity contribution in [2.75, 3.05) is 0 Å². The lowest BCUT2D eigenvalue weighted by Gasteiger charge is -1.90. The number of aromatic amines is 1. The van der Waals surface area contributed by atoms with Gasteiger partial charge < -0.3 is 4.98 Å². The number of hydrogen-bond donors (Lipinski definition) is 1. The van der Waals surface area contributed by atoms with Crippen LogP contribution in [-0.4, -0.2) is 9.97 Å².